The summed E-state index contributed by atoms with van der Waals surface area (Å²) in [6.45, 7) is 7.03. The molecule has 2 unspecified atom stereocenters. The van der Waals surface area contributed by atoms with E-state index in [1.54, 1.807) is 11.3 Å². The van der Waals surface area contributed by atoms with Crippen LogP contribution in [-0.4, -0.2) is 11.0 Å². The lowest BCUT2D eigenvalue weighted by atomic mass is 9.73. The van der Waals surface area contributed by atoms with Crippen LogP contribution in [0.2, 0.25) is 0 Å². The standard InChI is InChI=1S/C13H22N2S/c1-10(11-8-14-9-16-11)15-12-6-4-5-7-13(12,2)3/h8-10,12,15H,4-7H2,1-3H3. The zero-order valence-corrected chi connectivity index (χ0v) is 11.3. The van der Waals surface area contributed by atoms with Gasteiger partial charge in [-0.25, -0.2) is 0 Å². The molecule has 0 amide bonds. The van der Waals surface area contributed by atoms with Gasteiger partial charge in [0, 0.05) is 23.2 Å². The van der Waals surface area contributed by atoms with Crippen LogP contribution in [0.1, 0.15) is 57.4 Å². The van der Waals surface area contributed by atoms with Crippen LogP contribution in [-0.2, 0) is 0 Å². The molecule has 2 rings (SSSR count). The summed E-state index contributed by atoms with van der Waals surface area (Å²) in [4.78, 5) is 5.50. The van der Waals surface area contributed by atoms with Crippen molar-refractivity contribution >= 4 is 11.3 Å². The molecule has 0 radical (unpaired) electrons. The summed E-state index contributed by atoms with van der Waals surface area (Å²) in [5, 5.41) is 3.78. The second-order valence-corrected chi connectivity index (χ2v) is 6.50. The molecule has 1 aromatic rings. The predicted molar refractivity (Wildman–Crippen MR) is 69.7 cm³/mol. The molecule has 2 nitrogen and oxygen atoms in total. The lowest BCUT2D eigenvalue weighted by Gasteiger charge is -2.40. The maximum atomic E-state index is 4.15. The maximum absolute atomic E-state index is 4.15. The number of nitrogens with one attached hydrogen (secondary N) is 1. The number of aromatic nitrogens is 1. The molecule has 1 fully saturated rings. The Hall–Kier alpha value is -0.410. The van der Waals surface area contributed by atoms with Gasteiger partial charge in [-0.05, 0) is 25.2 Å². The Morgan fingerprint density at radius 1 is 1.50 bits per heavy atom. The lowest BCUT2D eigenvalue weighted by molar-refractivity contribution is 0.158. The number of rotatable bonds is 3. The van der Waals surface area contributed by atoms with E-state index >= 15 is 0 Å². The van der Waals surface area contributed by atoms with Crippen molar-refractivity contribution in [2.24, 2.45) is 5.41 Å². The van der Waals surface area contributed by atoms with Crippen LogP contribution >= 0.6 is 11.3 Å². The Morgan fingerprint density at radius 3 is 2.94 bits per heavy atom. The minimum absolute atomic E-state index is 0.440. The highest BCUT2D eigenvalue weighted by Gasteiger charge is 2.32. The van der Waals surface area contributed by atoms with Gasteiger partial charge in [-0.1, -0.05) is 26.7 Å². The Labute approximate surface area is 102 Å². The van der Waals surface area contributed by atoms with Gasteiger partial charge >= 0.3 is 0 Å². The van der Waals surface area contributed by atoms with Gasteiger partial charge in [0.1, 0.15) is 0 Å². The van der Waals surface area contributed by atoms with Gasteiger partial charge < -0.3 is 5.32 Å². The molecular formula is C13H22N2S. The van der Waals surface area contributed by atoms with Gasteiger partial charge in [-0.3, -0.25) is 4.98 Å². The van der Waals surface area contributed by atoms with Gasteiger partial charge in [0.15, 0.2) is 0 Å². The monoisotopic (exact) mass is 238 g/mol. The second kappa shape index (κ2) is 4.84. The molecule has 0 saturated heterocycles. The summed E-state index contributed by atoms with van der Waals surface area (Å²) in [7, 11) is 0. The summed E-state index contributed by atoms with van der Waals surface area (Å²) in [6.07, 6.45) is 7.41. The highest BCUT2D eigenvalue weighted by atomic mass is 32.1. The highest BCUT2D eigenvalue weighted by Crippen LogP contribution is 2.36. The molecule has 1 aliphatic rings. The normalized spacial score (nSPS) is 26.6. The van der Waals surface area contributed by atoms with Gasteiger partial charge in [0.25, 0.3) is 0 Å². The van der Waals surface area contributed by atoms with E-state index in [-0.39, 0.29) is 0 Å². The third-order valence-corrected chi connectivity index (χ3v) is 4.79. The fourth-order valence-corrected chi connectivity index (χ4v) is 3.26. The van der Waals surface area contributed by atoms with E-state index in [0.29, 0.717) is 17.5 Å². The predicted octanol–water partition coefficient (Wildman–Crippen LogP) is 3.76. The van der Waals surface area contributed by atoms with E-state index in [2.05, 4.69) is 31.1 Å². The molecule has 1 aromatic heterocycles. The SMILES string of the molecule is CC(NC1CCCCC1(C)C)c1cncs1. The summed E-state index contributed by atoms with van der Waals surface area (Å²) in [5.41, 5.74) is 2.36. The van der Waals surface area contributed by atoms with Crippen molar-refractivity contribution < 1.29 is 0 Å². The van der Waals surface area contributed by atoms with Crippen LogP contribution in [0.4, 0.5) is 0 Å². The summed E-state index contributed by atoms with van der Waals surface area (Å²) in [6, 6.07) is 1.09. The first-order valence-electron chi connectivity index (χ1n) is 6.24. The van der Waals surface area contributed by atoms with E-state index in [1.807, 2.05) is 11.7 Å². The molecule has 2 atom stereocenters. The fourth-order valence-electron chi connectivity index (χ4n) is 2.63. The zero-order chi connectivity index (χ0) is 11.6. The first kappa shape index (κ1) is 12.1. The minimum Gasteiger partial charge on any atom is -0.306 e. The smallest absolute Gasteiger partial charge is 0.0794 e. The molecule has 1 aliphatic carbocycles. The van der Waals surface area contributed by atoms with Crippen LogP contribution in [0.25, 0.3) is 0 Å². The fraction of sp³-hybridized carbons (Fsp3) is 0.769. The van der Waals surface area contributed by atoms with Crippen molar-refractivity contribution in [3.8, 4) is 0 Å². The number of hydrogen-bond acceptors (Lipinski definition) is 3. The lowest BCUT2D eigenvalue weighted by Crippen LogP contribution is -2.44. The number of thiazole rings is 1. The van der Waals surface area contributed by atoms with Crippen LogP contribution in [0.3, 0.4) is 0 Å². The third kappa shape index (κ3) is 2.64. The maximum Gasteiger partial charge on any atom is 0.0794 e. The van der Waals surface area contributed by atoms with Crippen LogP contribution < -0.4 is 5.32 Å². The quantitative estimate of drug-likeness (QED) is 0.867. The molecule has 1 saturated carbocycles. The van der Waals surface area contributed by atoms with Crippen molar-refractivity contribution in [3.63, 3.8) is 0 Å². The first-order chi connectivity index (χ1) is 7.59. The van der Waals surface area contributed by atoms with E-state index < -0.39 is 0 Å². The molecule has 16 heavy (non-hydrogen) atoms. The Morgan fingerprint density at radius 2 is 2.31 bits per heavy atom. The molecule has 3 heteroatoms. The largest absolute Gasteiger partial charge is 0.306 e. The topological polar surface area (TPSA) is 24.9 Å². The molecule has 1 heterocycles. The molecule has 0 bridgehead atoms. The Kier molecular flexibility index (Phi) is 3.65. The average molecular weight is 238 g/mol. The number of hydrogen-bond donors (Lipinski definition) is 1. The van der Waals surface area contributed by atoms with E-state index in [4.69, 9.17) is 0 Å². The van der Waals surface area contributed by atoms with Crippen molar-refractivity contribution in [3.05, 3.63) is 16.6 Å². The van der Waals surface area contributed by atoms with Crippen molar-refractivity contribution in [1.82, 2.24) is 10.3 Å². The van der Waals surface area contributed by atoms with Crippen molar-refractivity contribution in [2.75, 3.05) is 0 Å². The zero-order valence-electron chi connectivity index (χ0n) is 10.5. The minimum atomic E-state index is 0.440. The first-order valence-corrected chi connectivity index (χ1v) is 7.12. The van der Waals surface area contributed by atoms with Crippen LogP contribution in [0.15, 0.2) is 11.7 Å². The van der Waals surface area contributed by atoms with E-state index in [9.17, 15) is 0 Å². The molecule has 0 spiro atoms. The van der Waals surface area contributed by atoms with Gasteiger partial charge in [0.2, 0.25) is 0 Å². The van der Waals surface area contributed by atoms with Gasteiger partial charge in [0.05, 0.1) is 5.51 Å². The molecule has 0 aromatic carbocycles. The summed E-state index contributed by atoms with van der Waals surface area (Å²) < 4.78 is 0. The Bertz CT molecular complexity index is 319. The third-order valence-electron chi connectivity index (χ3n) is 3.84. The van der Waals surface area contributed by atoms with Gasteiger partial charge in [-0.15, -0.1) is 11.3 Å². The molecule has 0 aliphatic heterocycles. The van der Waals surface area contributed by atoms with Gasteiger partial charge in [-0.2, -0.15) is 0 Å². The van der Waals surface area contributed by atoms with Crippen LogP contribution in [0.5, 0.6) is 0 Å². The molecule has 90 valence electrons. The highest BCUT2D eigenvalue weighted by molar-refractivity contribution is 7.09. The van der Waals surface area contributed by atoms with Crippen molar-refractivity contribution in [2.45, 2.75) is 58.5 Å². The summed E-state index contributed by atoms with van der Waals surface area (Å²) >= 11 is 1.75. The van der Waals surface area contributed by atoms with Crippen LogP contribution in [0, 0.1) is 5.41 Å². The Balaban J connectivity index is 1.98. The average Bonchev–Trinajstić information content (AvgIpc) is 2.74. The summed E-state index contributed by atoms with van der Waals surface area (Å²) in [5.74, 6) is 0. The number of nitrogens with zero attached hydrogens (tertiary/aromatic N) is 1. The van der Waals surface area contributed by atoms with E-state index in [1.165, 1.54) is 30.6 Å². The molecular weight excluding hydrogens is 216 g/mol. The van der Waals surface area contributed by atoms with Crippen molar-refractivity contribution in [1.29, 1.82) is 0 Å². The second-order valence-electron chi connectivity index (χ2n) is 5.58. The van der Waals surface area contributed by atoms with E-state index in [0.717, 1.165) is 0 Å². The molecule has 1 N–H and O–H groups in total.